The van der Waals surface area contributed by atoms with Crippen molar-refractivity contribution in [2.75, 3.05) is 13.1 Å². The number of rotatable bonds is 5. The van der Waals surface area contributed by atoms with Gasteiger partial charge in [-0.1, -0.05) is 18.2 Å². The molecule has 0 spiro atoms. The molecule has 0 amide bonds. The van der Waals surface area contributed by atoms with Gasteiger partial charge in [-0.25, -0.2) is 4.68 Å². The second-order valence-corrected chi connectivity index (χ2v) is 6.78. The molecule has 28 heavy (non-hydrogen) atoms. The molecule has 0 radical (unpaired) electrons. The molecule has 0 N–H and O–H groups in total. The monoisotopic (exact) mass is 375 g/mol. The summed E-state index contributed by atoms with van der Waals surface area (Å²) >= 11 is 0. The van der Waals surface area contributed by atoms with Gasteiger partial charge in [0.25, 0.3) is 5.69 Å². The molecule has 2 aromatic carbocycles. The van der Waals surface area contributed by atoms with Crippen molar-refractivity contribution in [1.82, 2.24) is 14.8 Å². The predicted molar refractivity (Wildman–Crippen MR) is 109 cm³/mol. The van der Waals surface area contributed by atoms with E-state index in [1.54, 1.807) is 12.1 Å². The van der Waals surface area contributed by atoms with E-state index in [1.807, 2.05) is 47.4 Å². The number of benzene rings is 2. The lowest BCUT2D eigenvalue weighted by atomic mass is 10.1. The summed E-state index contributed by atoms with van der Waals surface area (Å²) in [7, 11) is 0. The topological polar surface area (TPSA) is 76.6 Å². The summed E-state index contributed by atoms with van der Waals surface area (Å²) in [5, 5.41) is 22.4. The number of hydrogen-bond acceptors (Lipinski definition) is 5. The van der Waals surface area contributed by atoms with Crippen LogP contribution < -0.4 is 0 Å². The molecule has 7 nitrogen and oxygen atoms in total. The SMILES string of the molecule is O=[N+]([O-])c1ccc(-c2nn(-c3ccccc3)cc2/C=N/N2CCCCC2)cc1. The largest absolute Gasteiger partial charge is 0.297 e. The Morgan fingerprint density at radius 2 is 1.71 bits per heavy atom. The van der Waals surface area contributed by atoms with Crippen LogP contribution in [-0.4, -0.2) is 39.0 Å². The maximum Gasteiger partial charge on any atom is 0.269 e. The number of para-hydroxylation sites is 1. The molecule has 0 aliphatic carbocycles. The molecule has 0 unspecified atom stereocenters. The third kappa shape index (κ3) is 3.93. The third-order valence-corrected chi connectivity index (χ3v) is 4.81. The number of non-ortho nitro benzene ring substituents is 1. The molecule has 0 atom stereocenters. The van der Waals surface area contributed by atoms with Crippen molar-refractivity contribution in [3.05, 3.63) is 76.5 Å². The molecule has 0 saturated carbocycles. The number of aromatic nitrogens is 2. The quantitative estimate of drug-likeness (QED) is 0.379. The van der Waals surface area contributed by atoms with E-state index in [0.29, 0.717) is 0 Å². The zero-order valence-corrected chi connectivity index (χ0v) is 15.4. The molecule has 7 heteroatoms. The zero-order valence-electron chi connectivity index (χ0n) is 15.4. The van der Waals surface area contributed by atoms with Crippen molar-refractivity contribution in [2.45, 2.75) is 19.3 Å². The highest BCUT2D eigenvalue weighted by Gasteiger charge is 2.14. The second kappa shape index (κ2) is 8.04. The molecule has 3 aromatic rings. The molecule has 0 bridgehead atoms. The molecule has 1 aliphatic rings. The lowest BCUT2D eigenvalue weighted by molar-refractivity contribution is -0.384. The second-order valence-electron chi connectivity index (χ2n) is 6.78. The summed E-state index contributed by atoms with van der Waals surface area (Å²) < 4.78 is 1.81. The van der Waals surface area contributed by atoms with Gasteiger partial charge in [0.1, 0.15) is 5.69 Å². The third-order valence-electron chi connectivity index (χ3n) is 4.81. The highest BCUT2D eigenvalue weighted by molar-refractivity contribution is 5.88. The van der Waals surface area contributed by atoms with Gasteiger partial charge < -0.3 is 0 Å². The van der Waals surface area contributed by atoms with E-state index in [9.17, 15) is 10.1 Å². The van der Waals surface area contributed by atoms with Gasteiger partial charge in [0, 0.05) is 42.5 Å². The molecule has 4 rings (SSSR count). The van der Waals surface area contributed by atoms with Crippen LogP contribution >= 0.6 is 0 Å². The van der Waals surface area contributed by atoms with Gasteiger partial charge in [-0.3, -0.25) is 15.1 Å². The van der Waals surface area contributed by atoms with Crippen molar-refractivity contribution in [2.24, 2.45) is 5.10 Å². The van der Waals surface area contributed by atoms with E-state index in [2.05, 4.69) is 10.1 Å². The molecule has 2 heterocycles. The molecule has 1 aromatic heterocycles. The Balaban J connectivity index is 1.71. The van der Waals surface area contributed by atoms with Crippen LogP contribution in [0.25, 0.3) is 16.9 Å². The van der Waals surface area contributed by atoms with Gasteiger partial charge in [-0.05, 0) is 43.5 Å². The summed E-state index contributed by atoms with van der Waals surface area (Å²) in [6, 6.07) is 16.3. The molecule has 1 aliphatic heterocycles. The number of hydrogen-bond donors (Lipinski definition) is 0. The van der Waals surface area contributed by atoms with Crippen LogP contribution in [0, 0.1) is 10.1 Å². The molecular formula is C21H21N5O2. The van der Waals surface area contributed by atoms with E-state index in [4.69, 9.17) is 5.10 Å². The van der Waals surface area contributed by atoms with E-state index >= 15 is 0 Å². The fourth-order valence-corrected chi connectivity index (χ4v) is 3.30. The van der Waals surface area contributed by atoms with Gasteiger partial charge in [0.2, 0.25) is 0 Å². The van der Waals surface area contributed by atoms with Crippen molar-refractivity contribution in [3.63, 3.8) is 0 Å². The Labute approximate surface area is 163 Å². The number of nitrogens with zero attached hydrogens (tertiary/aromatic N) is 5. The highest BCUT2D eigenvalue weighted by Crippen LogP contribution is 2.25. The first-order valence-corrected chi connectivity index (χ1v) is 9.39. The molecular weight excluding hydrogens is 354 g/mol. The van der Waals surface area contributed by atoms with Crippen LogP contribution in [0.5, 0.6) is 0 Å². The number of nitro benzene ring substituents is 1. The molecule has 142 valence electrons. The Bertz CT molecular complexity index is 974. The molecule has 1 saturated heterocycles. The first kappa shape index (κ1) is 17.9. The summed E-state index contributed by atoms with van der Waals surface area (Å²) in [6.07, 6.45) is 7.37. The lowest BCUT2D eigenvalue weighted by Gasteiger charge is -2.23. The van der Waals surface area contributed by atoms with Crippen LogP contribution in [0.2, 0.25) is 0 Å². The average Bonchev–Trinajstić information content (AvgIpc) is 3.18. The number of nitro groups is 1. The Hall–Kier alpha value is -3.48. The summed E-state index contributed by atoms with van der Waals surface area (Å²) in [4.78, 5) is 10.5. The standard InChI is InChI=1S/C21H21N5O2/c27-26(28)20-11-9-17(10-12-20)21-18(15-22-24-13-5-2-6-14-24)16-25(23-21)19-7-3-1-4-8-19/h1,3-4,7-12,15-16H,2,5-6,13-14H2/b22-15+. The van der Waals surface area contributed by atoms with E-state index in [0.717, 1.165) is 48.4 Å². The Morgan fingerprint density at radius 3 is 2.39 bits per heavy atom. The summed E-state index contributed by atoms with van der Waals surface area (Å²) in [5.74, 6) is 0. The Morgan fingerprint density at radius 1 is 1.00 bits per heavy atom. The van der Waals surface area contributed by atoms with Crippen LogP contribution in [0.15, 0.2) is 65.9 Å². The first-order chi connectivity index (χ1) is 13.7. The lowest BCUT2D eigenvalue weighted by Crippen LogP contribution is -2.24. The van der Waals surface area contributed by atoms with Gasteiger partial charge >= 0.3 is 0 Å². The minimum Gasteiger partial charge on any atom is -0.297 e. The van der Waals surface area contributed by atoms with E-state index in [1.165, 1.54) is 18.6 Å². The summed E-state index contributed by atoms with van der Waals surface area (Å²) in [6.45, 7) is 1.94. The van der Waals surface area contributed by atoms with Crippen LogP contribution in [-0.2, 0) is 0 Å². The normalized spacial score (nSPS) is 14.5. The number of hydrazone groups is 1. The van der Waals surface area contributed by atoms with Gasteiger partial charge in [0.05, 0.1) is 16.8 Å². The van der Waals surface area contributed by atoms with E-state index in [-0.39, 0.29) is 5.69 Å². The summed E-state index contributed by atoms with van der Waals surface area (Å²) in [5.41, 5.74) is 3.46. The highest BCUT2D eigenvalue weighted by atomic mass is 16.6. The average molecular weight is 375 g/mol. The number of piperidine rings is 1. The fraction of sp³-hybridized carbons (Fsp3) is 0.238. The minimum absolute atomic E-state index is 0.0646. The fourth-order valence-electron chi connectivity index (χ4n) is 3.30. The first-order valence-electron chi connectivity index (χ1n) is 9.39. The maximum atomic E-state index is 10.9. The van der Waals surface area contributed by atoms with Crippen LogP contribution in [0.3, 0.4) is 0 Å². The van der Waals surface area contributed by atoms with E-state index < -0.39 is 4.92 Å². The zero-order chi connectivity index (χ0) is 19.3. The smallest absolute Gasteiger partial charge is 0.269 e. The van der Waals surface area contributed by atoms with Crippen molar-refractivity contribution < 1.29 is 4.92 Å². The van der Waals surface area contributed by atoms with Gasteiger partial charge in [-0.15, -0.1) is 0 Å². The van der Waals surface area contributed by atoms with Crippen LogP contribution in [0.4, 0.5) is 5.69 Å². The molecule has 1 fully saturated rings. The maximum absolute atomic E-state index is 10.9. The Kier molecular flexibility index (Phi) is 5.14. The van der Waals surface area contributed by atoms with Gasteiger partial charge in [0.15, 0.2) is 0 Å². The minimum atomic E-state index is -0.398. The van der Waals surface area contributed by atoms with Gasteiger partial charge in [-0.2, -0.15) is 10.2 Å². The van der Waals surface area contributed by atoms with Crippen molar-refractivity contribution in [1.29, 1.82) is 0 Å². The van der Waals surface area contributed by atoms with Crippen molar-refractivity contribution >= 4 is 11.9 Å². The van der Waals surface area contributed by atoms with Crippen LogP contribution in [0.1, 0.15) is 24.8 Å². The van der Waals surface area contributed by atoms with Crippen molar-refractivity contribution in [3.8, 4) is 16.9 Å². The predicted octanol–water partition coefficient (Wildman–Crippen LogP) is 4.27.